The standard InChI is InChI=1S/C10H8N2OS/c13-7-11-10(12-8-14)6-9-4-2-1-3-5-9/h1-5,10H,6H2. The molecule has 0 aromatic heterocycles. The second kappa shape index (κ2) is 5.95. The van der Waals surface area contributed by atoms with Crippen molar-refractivity contribution in [2.45, 2.75) is 12.6 Å². The summed E-state index contributed by atoms with van der Waals surface area (Å²) in [6.45, 7) is 0. The van der Waals surface area contributed by atoms with Gasteiger partial charge in [0.1, 0.15) is 0 Å². The first-order valence-corrected chi connectivity index (χ1v) is 4.45. The fourth-order valence-corrected chi connectivity index (χ4v) is 1.19. The maximum atomic E-state index is 10.1. The highest BCUT2D eigenvalue weighted by Gasteiger charge is 2.04. The topological polar surface area (TPSA) is 41.8 Å². The molecule has 0 saturated heterocycles. The van der Waals surface area contributed by atoms with Gasteiger partial charge in [0.15, 0.2) is 6.17 Å². The minimum Gasteiger partial charge on any atom is -0.211 e. The summed E-state index contributed by atoms with van der Waals surface area (Å²) < 4.78 is 0. The number of aliphatic imine (C=N–C) groups is 2. The molecule has 3 nitrogen and oxygen atoms in total. The lowest BCUT2D eigenvalue weighted by atomic mass is 10.1. The first-order valence-electron chi connectivity index (χ1n) is 4.04. The zero-order valence-electron chi connectivity index (χ0n) is 7.38. The van der Waals surface area contributed by atoms with Crippen molar-refractivity contribution in [2.24, 2.45) is 9.98 Å². The van der Waals surface area contributed by atoms with E-state index in [0.717, 1.165) is 5.56 Å². The van der Waals surface area contributed by atoms with E-state index in [0.29, 0.717) is 6.42 Å². The van der Waals surface area contributed by atoms with Crippen LogP contribution in [0.2, 0.25) is 0 Å². The fourth-order valence-electron chi connectivity index (χ4n) is 1.07. The van der Waals surface area contributed by atoms with Crippen molar-refractivity contribution in [3.8, 4) is 0 Å². The summed E-state index contributed by atoms with van der Waals surface area (Å²) >= 11 is 4.45. The van der Waals surface area contributed by atoms with Gasteiger partial charge in [-0.3, -0.25) is 0 Å². The van der Waals surface area contributed by atoms with Crippen molar-refractivity contribution in [2.75, 3.05) is 0 Å². The van der Waals surface area contributed by atoms with Crippen LogP contribution in [0.15, 0.2) is 40.3 Å². The first kappa shape index (κ1) is 10.5. The number of thiocarbonyl (C=S) groups is 1. The van der Waals surface area contributed by atoms with E-state index in [1.165, 1.54) is 6.08 Å². The third-order valence-electron chi connectivity index (χ3n) is 1.66. The lowest BCUT2D eigenvalue weighted by molar-refractivity contribution is 0.557. The molecular formula is C10H8N2OS. The molecule has 0 bridgehead atoms. The number of hydrogen-bond acceptors (Lipinski definition) is 4. The third-order valence-corrected chi connectivity index (χ3v) is 1.77. The SMILES string of the molecule is O=C=NC(Cc1ccccc1)N=C=S. The van der Waals surface area contributed by atoms with E-state index >= 15 is 0 Å². The van der Waals surface area contributed by atoms with Crippen LogP contribution >= 0.6 is 12.2 Å². The normalized spacial score (nSPS) is 10.9. The molecule has 0 N–H and O–H groups in total. The Kier molecular flexibility index (Phi) is 4.45. The van der Waals surface area contributed by atoms with Gasteiger partial charge in [-0.2, -0.15) is 4.99 Å². The van der Waals surface area contributed by atoms with Gasteiger partial charge in [-0.05, 0) is 17.8 Å². The Balaban J connectivity index is 2.74. The second-order valence-electron chi connectivity index (χ2n) is 2.61. The van der Waals surface area contributed by atoms with E-state index < -0.39 is 6.17 Å². The maximum absolute atomic E-state index is 10.1. The average Bonchev–Trinajstić information content (AvgIpc) is 2.20. The van der Waals surface area contributed by atoms with Crippen LogP contribution in [0.5, 0.6) is 0 Å². The van der Waals surface area contributed by atoms with Gasteiger partial charge < -0.3 is 0 Å². The van der Waals surface area contributed by atoms with Crippen molar-refractivity contribution in [1.82, 2.24) is 0 Å². The van der Waals surface area contributed by atoms with Crippen LogP contribution in [-0.2, 0) is 11.2 Å². The van der Waals surface area contributed by atoms with Crippen LogP contribution in [0.25, 0.3) is 0 Å². The summed E-state index contributed by atoms with van der Waals surface area (Å²) in [7, 11) is 0. The molecule has 70 valence electrons. The summed E-state index contributed by atoms with van der Waals surface area (Å²) in [5.74, 6) is 0. The summed E-state index contributed by atoms with van der Waals surface area (Å²) in [5.41, 5.74) is 1.05. The van der Waals surface area contributed by atoms with Crippen LogP contribution in [-0.4, -0.2) is 17.4 Å². The fraction of sp³-hybridized carbons (Fsp3) is 0.200. The van der Waals surface area contributed by atoms with E-state index in [1.54, 1.807) is 0 Å². The van der Waals surface area contributed by atoms with Gasteiger partial charge in [0.2, 0.25) is 6.08 Å². The van der Waals surface area contributed by atoms with Gasteiger partial charge in [0.05, 0.1) is 5.16 Å². The van der Waals surface area contributed by atoms with Crippen LogP contribution in [0.4, 0.5) is 0 Å². The van der Waals surface area contributed by atoms with Crippen molar-refractivity contribution >= 4 is 23.5 Å². The summed E-state index contributed by atoms with van der Waals surface area (Å²) in [6, 6.07) is 9.62. The lowest BCUT2D eigenvalue weighted by Crippen LogP contribution is -2.04. The predicted molar refractivity (Wildman–Crippen MR) is 57.1 cm³/mol. The average molecular weight is 204 g/mol. The first-order chi connectivity index (χ1) is 6.86. The molecule has 0 aliphatic carbocycles. The van der Waals surface area contributed by atoms with Crippen LogP contribution in [0.1, 0.15) is 5.56 Å². The van der Waals surface area contributed by atoms with Gasteiger partial charge in [0.25, 0.3) is 0 Å². The zero-order valence-corrected chi connectivity index (χ0v) is 8.20. The Morgan fingerprint density at radius 2 is 2.00 bits per heavy atom. The predicted octanol–water partition coefficient (Wildman–Crippen LogP) is 1.99. The van der Waals surface area contributed by atoms with Crippen LogP contribution < -0.4 is 0 Å². The quantitative estimate of drug-likeness (QED) is 0.427. The highest BCUT2D eigenvalue weighted by atomic mass is 32.1. The van der Waals surface area contributed by atoms with E-state index in [4.69, 9.17) is 0 Å². The molecular weight excluding hydrogens is 196 g/mol. The van der Waals surface area contributed by atoms with E-state index in [9.17, 15) is 4.79 Å². The summed E-state index contributed by atoms with van der Waals surface area (Å²) in [6.07, 6.45) is 1.52. The summed E-state index contributed by atoms with van der Waals surface area (Å²) in [4.78, 5) is 17.3. The molecule has 0 saturated carbocycles. The molecule has 1 rings (SSSR count). The molecule has 1 aromatic carbocycles. The molecule has 0 heterocycles. The van der Waals surface area contributed by atoms with Crippen molar-refractivity contribution in [3.63, 3.8) is 0 Å². The third kappa shape index (κ3) is 3.42. The molecule has 1 atom stereocenters. The number of nitrogens with zero attached hydrogens (tertiary/aromatic N) is 2. The molecule has 0 amide bonds. The van der Waals surface area contributed by atoms with Gasteiger partial charge in [-0.25, -0.2) is 9.79 Å². The molecule has 0 spiro atoms. The maximum Gasteiger partial charge on any atom is 0.237 e. The number of isothiocyanates is 1. The van der Waals surface area contributed by atoms with Gasteiger partial charge in [0, 0.05) is 6.42 Å². The van der Waals surface area contributed by atoms with E-state index in [2.05, 4.69) is 27.4 Å². The van der Waals surface area contributed by atoms with E-state index in [-0.39, 0.29) is 0 Å². The van der Waals surface area contributed by atoms with Crippen LogP contribution in [0.3, 0.4) is 0 Å². The number of hydrogen-bond donors (Lipinski definition) is 0. The Hall–Kier alpha value is -1.60. The Morgan fingerprint density at radius 3 is 2.57 bits per heavy atom. The molecule has 14 heavy (non-hydrogen) atoms. The van der Waals surface area contributed by atoms with Crippen molar-refractivity contribution in [3.05, 3.63) is 35.9 Å². The van der Waals surface area contributed by atoms with Crippen LogP contribution in [0, 0.1) is 0 Å². The minimum absolute atomic E-state index is 0.493. The van der Waals surface area contributed by atoms with Crippen molar-refractivity contribution in [1.29, 1.82) is 0 Å². The van der Waals surface area contributed by atoms with Gasteiger partial charge >= 0.3 is 0 Å². The van der Waals surface area contributed by atoms with Crippen molar-refractivity contribution < 1.29 is 4.79 Å². The summed E-state index contributed by atoms with van der Waals surface area (Å²) in [5, 5.41) is 2.21. The van der Waals surface area contributed by atoms with Gasteiger partial charge in [-0.15, -0.1) is 0 Å². The Morgan fingerprint density at radius 1 is 1.29 bits per heavy atom. The smallest absolute Gasteiger partial charge is 0.211 e. The number of rotatable bonds is 4. The molecule has 0 aliphatic rings. The van der Waals surface area contributed by atoms with Gasteiger partial charge in [-0.1, -0.05) is 30.3 Å². The Labute approximate surface area is 87.2 Å². The zero-order chi connectivity index (χ0) is 10.2. The number of carbonyl (C=O) groups excluding carboxylic acids is 1. The molecule has 0 radical (unpaired) electrons. The Bertz CT molecular complexity index is 360. The molecule has 0 aliphatic heterocycles. The molecule has 4 heteroatoms. The molecule has 0 fully saturated rings. The highest BCUT2D eigenvalue weighted by molar-refractivity contribution is 7.78. The monoisotopic (exact) mass is 204 g/mol. The van der Waals surface area contributed by atoms with E-state index in [1.807, 2.05) is 30.3 Å². The largest absolute Gasteiger partial charge is 0.237 e. The number of benzene rings is 1. The highest BCUT2D eigenvalue weighted by Crippen LogP contribution is 2.05. The molecule has 1 unspecified atom stereocenters. The lowest BCUT2D eigenvalue weighted by Gasteiger charge is -2.02. The second-order valence-corrected chi connectivity index (χ2v) is 2.79. The minimum atomic E-state index is -0.493. The molecule has 1 aromatic rings. The number of isocyanates is 1.